The number of ether oxygens (including phenoxy) is 2. The molecule has 0 atom stereocenters. The predicted octanol–water partition coefficient (Wildman–Crippen LogP) is 3.70. The van der Waals surface area contributed by atoms with Crippen molar-refractivity contribution >= 4 is 29.4 Å². The van der Waals surface area contributed by atoms with E-state index in [9.17, 15) is 4.79 Å². The molecule has 0 unspecified atom stereocenters. The summed E-state index contributed by atoms with van der Waals surface area (Å²) in [5.41, 5.74) is 4.03. The van der Waals surface area contributed by atoms with Crippen LogP contribution in [0.4, 0.5) is 5.69 Å². The van der Waals surface area contributed by atoms with E-state index in [1.54, 1.807) is 36.5 Å². The molecule has 2 aromatic rings. The van der Waals surface area contributed by atoms with E-state index in [-0.39, 0.29) is 12.5 Å². The molecule has 0 heterocycles. The van der Waals surface area contributed by atoms with Crippen LogP contribution >= 0.6 is 11.6 Å². The number of hydrogen-bond donors (Lipinski definition) is 2. The van der Waals surface area contributed by atoms with Crippen LogP contribution in [0.2, 0.25) is 5.02 Å². The van der Waals surface area contributed by atoms with Crippen molar-refractivity contribution in [1.82, 2.24) is 5.43 Å². The van der Waals surface area contributed by atoms with Gasteiger partial charge in [0.2, 0.25) is 0 Å². The van der Waals surface area contributed by atoms with Crippen molar-refractivity contribution in [3.8, 4) is 11.5 Å². The van der Waals surface area contributed by atoms with E-state index < -0.39 is 0 Å². The molecule has 7 heteroatoms. The molecule has 0 aliphatic carbocycles. The summed E-state index contributed by atoms with van der Waals surface area (Å²) in [6, 6.07) is 12.6. The van der Waals surface area contributed by atoms with Crippen molar-refractivity contribution in [3.05, 3.63) is 53.1 Å². The van der Waals surface area contributed by atoms with Gasteiger partial charge in [-0.1, -0.05) is 11.6 Å². The molecule has 6 nitrogen and oxygen atoms in total. The largest absolute Gasteiger partial charge is 0.494 e. The number of carbonyl (C=O) groups excluding carboxylic acids is 1. The summed E-state index contributed by atoms with van der Waals surface area (Å²) in [5.74, 6) is 1.11. The maximum absolute atomic E-state index is 11.9. The highest BCUT2D eigenvalue weighted by Gasteiger charge is 2.05. The van der Waals surface area contributed by atoms with Crippen LogP contribution in [0.1, 0.15) is 19.4 Å². The number of carbonyl (C=O) groups is 1. The van der Waals surface area contributed by atoms with Gasteiger partial charge < -0.3 is 14.8 Å². The predicted molar refractivity (Wildman–Crippen MR) is 104 cm³/mol. The molecule has 26 heavy (non-hydrogen) atoms. The second-order valence-electron chi connectivity index (χ2n) is 5.22. The number of hydrazone groups is 1. The van der Waals surface area contributed by atoms with Crippen LogP contribution in [-0.4, -0.2) is 31.9 Å². The van der Waals surface area contributed by atoms with Crippen LogP contribution in [0.3, 0.4) is 0 Å². The van der Waals surface area contributed by atoms with Gasteiger partial charge in [0, 0.05) is 22.3 Å². The van der Waals surface area contributed by atoms with Gasteiger partial charge in [-0.05, 0) is 50.2 Å². The number of halogens is 1. The molecule has 0 fully saturated rings. The molecule has 1 amide bonds. The Labute approximate surface area is 158 Å². The zero-order valence-corrected chi connectivity index (χ0v) is 15.5. The summed E-state index contributed by atoms with van der Waals surface area (Å²) in [6.45, 7) is 5.02. The third-order valence-electron chi connectivity index (χ3n) is 3.29. The lowest BCUT2D eigenvalue weighted by Gasteiger charge is -2.10. The molecular formula is C19H22ClN3O3. The van der Waals surface area contributed by atoms with E-state index in [4.69, 9.17) is 21.1 Å². The smallest absolute Gasteiger partial charge is 0.259 e. The van der Waals surface area contributed by atoms with Crippen molar-refractivity contribution in [3.63, 3.8) is 0 Å². The Kier molecular flexibility index (Phi) is 7.76. The third-order valence-corrected chi connectivity index (χ3v) is 3.54. The zero-order chi connectivity index (χ0) is 18.8. The molecule has 2 aromatic carbocycles. The van der Waals surface area contributed by atoms with Gasteiger partial charge in [-0.15, -0.1) is 0 Å². The Morgan fingerprint density at radius 3 is 2.54 bits per heavy atom. The van der Waals surface area contributed by atoms with E-state index in [0.29, 0.717) is 24.0 Å². The molecule has 2 rings (SSSR count). The number of nitrogens with zero attached hydrogens (tertiary/aromatic N) is 1. The maximum atomic E-state index is 11.9. The van der Waals surface area contributed by atoms with Crippen LogP contribution in [0.5, 0.6) is 11.5 Å². The Bertz CT molecular complexity index is 748. The normalized spacial score (nSPS) is 10.6. The summed E-state index contributed by atoms with van der Waals surface area (Å²) in [7, 11) is 0. The lowest BCUT2D eigenvalue weighted by Crippen LogP contribution is -2.25. The van der Waals surface area contributed by atoms with E-state index in [0.717, 1.165) is 17.0 Å². The maximum Gasteiger partial charge on any atom is 0.259 e. The van der Waals surface area contributed by atoms with Crippen LogP contribution < -0.4 is 20.2 Å². The third kappa shape index (κ3) is 6.29. The van der Waals surface area contributed by atoms with Crippen LogP contribution in [0, 0.1) is 0 Å². The second kappa shape index (κ2) is 10.3. The first-order valence-corrected chi connectivity index (χ1v) is 8.71. The summed E-state index contributed by atoms with van der Waals surface area (Å²) in [5, 5.41) is 7.61. The van der Waals surface area contributed by atoms with Gasteiger partial charge >= 0.3 is 0 Å². The first-order chi connectivity index (χ1) is 12.6. The minimum atomic E-state index is -0.264. The quantitative estimate of drug-likeness (QED) is 0.517. The Hall–Kier alpha value is -2.73. The minimum Gasteiger partial charge on any atom is -0.494 e. The van der Waals surface area contributed by atoms with Crippen molar-refractivity contribution in [1.29, 1.82) is 0 Å². The molecule has 2 N–H and O–H groups in total. The van der Waals surface area contributed by atoms with E-state index in [1.165, 1.54) is 0 Å². The molecule has 138 valence electrons. The van der Waals surface area contributed by atoms with Gasteiger partial charge in [-0.25, -0.2) is 5.43 Å². The zero-order valence-electron chi connectivity index (χ0n) is 14.8. The molecule has 0 saturated heterocycles. The van der Waals surface area contributed by atoms with Gasteiger partial charge in [0.05, 0.1) is 26.0 Å². The fourth-order valence-electron chi connectivity index (χ4n) is 2.12. The van der Waals surface area contributed by atoms with Crippen molar-refractivity contribution in [2.75, 3.05) is 25.1 Å². The summed E-state index contributed by atoms with van der Waals surface area (Å²) in [4.78, 5) is 11.9. The SMILES string of the molecule is CCOc1ccc(/C=N\NC(=O)CNc2ccc(Cl)cc2)c(OCC)c1. The first kappa shape index (κ1) is 19.6. The lowest BCUT2D eigenvalue weighted by molar-refractivity contribution is -0.119. The first-order valence-electron chi connectivity index (χ1n) is 8.33. The fourth-order valence-corrected chi connectivity index (χ4v) is 2.25. The molecule has 0 aromatic heterocycles. The highest BCUT2D eigenvalue weighted by Crippen LogP contribution is 2.23. The van der Waals surface area contributed by atoms with Crippen LogP contribution in [0.25, 0.3) is 0 Å². The molecule has 0 radical (unpaired) electrons. The lowest BCUT2D eigenvalue weighted by atomic mass is 10.2. The molecule has 0 bridgehead atoms. The Morgan fingerprint density at radius 2 is 1.85 bits per heavy atom. The van der Waals surface area contributed by atoms with E-state index in [1.807, 2.05) is 26.0 Å². The molecule has 0 spiro atoms. The molecule has 0 aliphatic heterocycles. The number of rotatable bonds is 9. The van der Waals surface area contributed by atoms with Gasteiger partial charge in [0.25, 0.3) is 5.91 Å². The standard InChI is InChI=1S/C19H22ClN3O3/c1-3-25-17-10-5-14(18(11-17)26-4-2)12-22-23-19(24)13-21-16-8-6-15(20)7-9-16/h5-12,21H,3-4,13H2,1-2H3,(H,23,24)/b22-12-. The summed E-state index contributed by atoms with van der Waals surface area (Å²) in [6.07, 6.45) is 1.54. The number of hydrogen-bond acceptors (Lipinski definition) is 5. The molecule has 0 aliphatic rings. The second-order valence-corrected chi connectivity index (χ2v) is 5.66. The minimum absolute atomic E-state index is 0.0978. The average molecular weight is 376 g/mol. The molecular weight excluding hydrogens is 354 g/mol. The summed E-state index contributed by atoms with van der Waals surface area (Å²) < 4.78 is 11.1. The van der Waals surface area contributed by atoms with E-state index in [2.05, 4.69) is 15.8 Å². The number of benzene rings is 2. The van der Waals surface area contributed by atoms with E-state index >= 15 is 0 Å². The highest BCUT2D eigenvalue weighted by molar-refractivity contribution is 6.30. The van der Waals surface area contributed by atoms with Gasteiger partial charge in [-0.2, -0.15) is 5.10 Å². The highest BCUT2D eigenvalue weighted by atomic mass is 35.5. The van der Waals surface area contributed by atoms with Crippen molar-refractivity contribution in [2.45, 2.75) is 13.8 Å². The van der Waals surface area contributed by atoms with Gasteiger partial charge in [-0.3, -0.25) is 4.79 Å². The number of amides is 1. The Morgan fingerprint density at radius 1 is 1.12 bits per heavy atom. The van der Waals surface area contributed by atoms with Crippen LogP contribution in [0.15, 0.2) is 47.6 Å². The van der Waals surface area contributed by atoms with Crippen LogP contribution in [-0.2, 0) is 4.79 Å². The van der Waals surface area contributed by atoms with Crippen molar-refractivity contribution in [2.24, 2.45) is 5.10 Å². The topological polar surface area (TPSA) is 72.0 Å². The average Bonchev–Trinajstić information content (AvgIpc) is 2.63. The molecule has 0 saturated carbocycles. The monoisotopic (exact) mass is 375 g/mol. The fraction of sp³-hybridized carbons (Fsp3) is 0.263. The number of anilines is 1. The van der Waals surface area contributed by atoms with Gasteiger partial charge in [0.1, 0.15) is 11.5 Å². The van der Waals surface area contributed by atoms with Crippen molar-refractivity contribution < 1.29 is 14.3 Å². The Balaban J connectivity index is 1.90. The summed E-state index contributed by atoms with van der Waals surface area (Å²) >= 11 is 5.82. The number of nitrogens with one attached hydrogen (secondary N) is 2. The van der Waals surface area contributed by atoms with Gasteiger partial charge in [0.15, 0.2) is 0 Å².